The van der Waals surface area contributed by atoms with Crippen LogP contribution in [0.5, 0.6) is 0 Å². The first-order valence-electron chi connectivity index (χ1n) is 7.15. The molecule has 2 heterocycles. The second-order valence-corrected chi connectivity index (χ2v) is 5.02. The minimum absolute atomic E-state index is 0.0657. The number of H-pyrrole nitrogens is 1. The summed E-state index contributed by atoms with van der Waals surface area (Å²) in [4.78, 5) is 18.4. The number of hydrogen-bond acceptors (Lipinski definition) is 4. The number of carbonyl (C=O) groups is 1. The molecule has 0 aromatic carbocycles. The Morgan fingerprint density at radius 2 is 2.32 bits per heavy atom. The molecule has 106 valence electrons. The third kappa shape index (κ3) is 3.53. The summed E-state index contributed by atoms with van der Waals surface area (Å²) in [6.45, 7) is 7.57. The Balaban J connectivity index is 1.97. The normalized spacial score (nSPS) is 19.4. The van der Waals surface area contributed by atoms with Gasteiger partial charge in [-0.05, 0) is 38.8 Å². The van der Waals surface area contributed by atoms with Crippen LogP contribution >= 0.6 is 0 Å². The number of rotatable bonds is 5. The molecule has 1 aliphatic heterocycles. The van der Waals surface area contributed by atoms with E-state index in [2.05, 4.69) is 20.5 Å². The third-order valence-corrected chi connectivity index (χ3v) is 3.60. The van der Waals surface area contributed by atoms with Gasteiger partial charge in [-0.3, -0.25) is 9.89 Å². The van der Waals surface area contributed by atoms with Gasteiger partial charge in [0.15, 0.2) is 0 Å². The van der Waals surface area contributed by atoms with Crippen molar-refractivity contribution in [2.45, 2.75) is 33.1 Å². The molecule has 6 heteroatoms. The molecular weight excluding hydrogens is 242 g/mol. The number of piperidine rings is 1. The Hall–Kier alpha value is -1.43. The van der Waals surface area contributed by atoms with Gasteiger partial charge >= 0.3 is 0 Å². The van der Waals surface area contributed by atoms with Crippen LogP contribution in [0.2, 0.25) is 0 Å². The van der Waals surface area contributed by atoms with E-state index in [0.29, 0.717) is 18.3 Å². The van der Waals surface area contributed by atoms with E-state index >= 15 is 0 Å². The SMILES string of the molecule is CCc1nc(C(=O)N(CC)CC2CCCNC2)n[nH]1. The number of aryl methyl sites for hydroxylation is 1. The highest BCUT2D eigenvalue weighted by Gasteiger charge is 2.23. The molecule has 1 atom stereocenters. The Morgan fingerprint density at radius 1 is 1.47 bits per heavy atom. The van der Waals surface area contributed by atoms with Crippen LogP contribution in [0, 0.1) is 5.92 Å². The standard InChI is InChI=1S/C13H23N5O/c1-3-11-15-12(17-16-11)13(19)18(4-2)9-10-6-5-7-14-8-10/h10,14H,3-9H2,1-2H3,(H,15,16,17). The topological polar surface area (TPSA) is 73.9 Å². The molecule has 1 aromatic rings. The van der Waals surface area contributed by atoms with Crippen LogP contribution in [0.3, 0.4) is 0 Å². The number of aromatic nitrogens is 3. The third-order valence-electron chi connectivity index (χ3n) is 3.60. The fourth-order valence-electron chi connectivity index (χ4n) is 2.44. The maximum atomic E-state index is 12.3. The van der Waals surface area contributed by atoms with Crippen molar-refractivity contribution in [3.63, 3.8) is 0 Å². The summed E-state index contributed by atoms with van der Waals surface area (Å²) in [6, 6.07) is 0. The van der Waals surface area contributed by atoms with Crippen LogP contribution < -0.4 is 5.32 Å². The minimum Gasteiger partial charge on any atom is -0.336 e. The molecule has 2 N–H and O–H groups in total. The van der Waals surface area contributed by atoms with Gasteiger partial charge in [0.2, 0.25) is 5.82 Å². The van der Waals surface area contributed by atoms with E-state index < -0.39 is 0 Å². The van der Waals surface area contributed by atoms with Crippen molar-refractivity contribution in [3.8, 4) is 0 Å². The number of amides is 1. The number of nitrogens with zero attached hydrogens (tertiary/aromatic N) is 3. The number of nitrogens with one attached hydrogen (secondary N) is 2. The lowest BCUT2D eigenvalue weighted by Gasteiger charge is -2.28. The van der Waals surface area contributed by atoms with Crippen molar-refractivity contribution in [2.75, 3.05) is 26.2 Å². The Kier molecular flexibility index (Phi) is 4.90. The molecule has 1 saturated heterocycles. The molecule has 0 aliphatic carbocycles. The highest BCUT2D eigenvalue weighted by atomic mass is 16.2. The minimum atomic E-state index is -0.0657. The molecule has 0 saturated carbocycles. The number of carbonyl (C=O) groups excluding carboxylic acids is 1. The first-order valence-corrected chi connectivity index (χ1v) is 7.15. The lowest BCUT2D eigenvalue weighted by atomic mass is 9.99. The average Bonchev–Trinajstić information content (AvgIpc) is 2.94. The van der Waals surface area contributed by atoms with Crippen LogP contribution in [0.4, 0.5) is 0 Å². The highest BCUT2D eigenvalue weighted by molar-refractivity contribution is 5.90. The first-order chi connectivity index (χ1) is 9.24. The predicted molar refractivity (Wildman–Crippen MR) is 72.9 cm³/mol. The van der Waals surface area contributed by atoms with Gasteiger partial charge in [-0.15, -0.1) is 5.10 Å². The number of hydrogen-bond donors (Lipinski definition) is 2. The van der Waals surface area contributed by atoms with Gasteiger partial charge in [0.05, 0.1) is 0 Å². The second-order valence-electron chi connectivity index (χ2n) is 5.02. The van der Waals surface area contributed by atoms with E-state index in [1.54, 1.807) is 0 Å². The zero-order valence-electron chi connectivity index (χ0n) is 11.8. The van der Waals surface area contributed by atoms with Crippen LogP contribution in [0.15, 0.2) is 0 Å². The fraction of sp³-hybridized carbons (Fsp3) is 0.769. The zero-order chi connectivity index (χ0) is 13.7. The van der Waals surface area contributed by atoms with Crippen LogP contribution in [0.1, 0.15) is 43.1 Å². The highest BCUT2D eigenvalue weighted by Crippen LogP contribution is 2.13. The van der Waals surface area contributed by atoms with Crippen LogP contribution in [-0.4, -0.2) is 52.2 Å². The van der Waals surface area contributed by atoms with Gasteiger partial charge in [-0.1, -0.05) is 6.92 Å². The van der Waals surface area contributed by atoms with E-state index in [9.17, 15) is 4.79 Å². The molecule has 1 aliphatic rings. The first kappa shape index (κ1) is 14.0. The molecule has 0 radical (unpaired) electrons. The molecule has 0 spiro atoms. The van der Waals surface area contributed by atoms with E-state index in [0.717, 1.165) is 31.9 Å². The molecular formula is C13H23N5O. The van der Waals surface area contributed by atoms with Gasteiger partial charge in [0.25, 0.3) is 5.91 Å². The molecule has 1 unspecified atom stereocenters. The van der Waals surface area contributed by atoms with Crippen molar-refractivity contribution in [1.29, 1.82) is 0 Å². The smallest absolute Gasteiger partial charge is 0.293 e. The summed E-state index contributed by atoms with van der Waals surface area (Å²) >= 11 is 0. The average molecular weight is 265 g/mol. The molecule has 1 fully saturated rings. The lowest BCUT2D eigenvalue weighted by molar-refractivity contribution is 0.0717. The molecule has 1 aromatic heterocycles. The second kappa shape index (κ2) is 6.65. The monoisotopic (exact) mass is 265 g/mol. The van der Waals surface area contributed by atoms with Gasteiger partial charge in [0, 0.05) is 19.5 Å². The van der Waals surface area contributed by atoms with Gasteiger partial charge in [0.1, 0.15) is 5.82 Å². The lowest BCUT2D eigenvalue weighted by Crippen LogP contribution is -2.41. The van der Waals surface area contributed by atoms with Crippen LogP contribution in [-0.2, 0) is 6.42 Å². The van der Waals surface area contributed by atoms with Crippen LogP contribution in [0.25, 0.3) is 0 Å². The zero-order valence-corrected chi connectivity index (χ0v) is 11.8. The summed E-state index contributed by atoms with van der Waals surface area (Å²) < 4.78 is 0. The fourth-order valence-corrected chi connectivity index (χ4v) is 2.44. The summed E-state index contributed by atoms with van der Waals surface area (Å²) in [5, 5.41) is 10.2. The van der Waals surface area contributed by atoms with Crippen molar-refractivity contribution in [1.82, 2.24) is 25.4 Å². The quantitative estimate of drug-likeness (QED) is 0.827. The Morgan fingerprint density at radius 3 is 2.89 bits per heavy atom. The molecule has 1 amide bonds. The van der Waals surface area contributed by atoms with Gasteiger partial charge in [-0.2, -0.15) is 0 Å². The maximum Gasteiger partial charge on any atom is 0.293 e. The summed E-state index contributed by atoms with van der Waals surface area (Å²) in [6.07, 6.45) is 3.14. The maximum absolute atomic E-state index is 12.3. The van der Waals surface area contributed by atoms with Crippen molar-refractivity contribution in [3.05, 3.63) is 11.6 Å². The van der Waals surface area contributed by atoms with E-state index in [1.807, 2.05) is 18.7 Å². The summed E-state index contributed by atoms with van der Waals surface area (Å²) in [5.41, 5.74) is 0. The molecule has 6 nitrogen and oxygen atoms in total. The Bertz CT molecular complexity index is 411. The molecule has 19 heavy (non-hydrogen) atoms. The van der Waals surface area contributed by atoms with E-state index in [1.165, 1.54) is 12.8 Å². The predicted octanol–water partition coefficient (Wildman–Crippen LogP) is 0.829. The van der Waals surface area contributed by atoms with Crippen molar-refractivity contribution < 1.29 is 4.79 Å². The largest absolute Gasteiger partial charge is 0.336 e. The van der Waals surface area contributed by atoms with Gasteiger partial charge in [-0.25, -0.2) is 4.98 Å². The molecule has 2 rings (SSSR count). The Labute approximate surface area is 114 Å². The number of aromatic amines is 1. The van der Waals surface area contributed by atoms with E-state index in [4.69, 9.17) is 0 Å². The van der Waals surface area contributed by atoms with Crippen molar-refractivity contribution in [2.24, 2.45) is 5.92 Å². The molecule has 0 bridgehead atoms. The van der Waals surface area contributed by atoms with Gasteiger partial charge < -0.3 is 10.2 Å². The van der Waals surface area contributed by atoms with E-state index in [-0.39, 0.29) is 5.91 Å². The summed E-state index contributed by atoms with van der Waals surface area (Å²) in [5.74, 6) is 1.53. The van der Waals surface area contributed by atoms with Crippen molar-refractivity contribution >= 4 is 5.91 Å². The summed E-state index contributed by atoms with van der Waals surface area (Å²) in [7, 11) is 0.